The zero-order valence-corrected chi connectivity index (χ0v) is 15.8. The molecule has 0 radical (unpaired) electrons. The molecule has 6 nitrogen and oxygen atoms in total. The molecule has 0 aliphatic carbocycles. The first-order valence-electron chi connectivity index (χ1n) is 9.52. The summed E-state index contributed by atoms with van der Waals surface area (Å²) in [6.07, 6.45) is 2.08. The maximum Gasteiger partial charge on any atom is 0.232 e. The Hall–Kier alpha value is -2.24. The van der Waals surface area contributed by atoms with E-state index in [4.69, 9.17) is 4.74 Å². The van der Waals surface area contributed by atoms with Crippen molar-refractivity contribution in [1.82, 2.24) is 9.80 Å². The highest BCUT2D eigenvalue weighted by atomic mass is 16.5. The van der Waals surface area contributed by atoms with Gasteiger partial charge in [0.25, 0.3) is 0 Å². The molecular formula is C20H29N3O3. The van der Waals surface area contributed by atoms with Crippen LogP contribution < -0.4 is 9.64 Å². The van der Waals surface area contributed by atoms with Gasteiger partial charge in [-0.15, -0.1) is 0 Å². The standard InChI is InChI=1S/C20H29N3O3/c1-16-7-9-22(10-8-16)19(24)15-20(25)23-13-11-21(12-14-23)17-5-3-4-6-18(17)26-2/h3-6,16H,7-15H2,1-2H3. The van der Waals surface area contributed by atoms with Crippen LogP contribution >= 0.6 is 0 Å². The Morgan fingerprint density at radius 2 is 1.54 bits per heavy atom. The average Bonchev–Trinajstić information content (AvgIpc) is 2.68. The summed E-state index contributed by atoms with van der Waals surface area (Å²) in [6.45, 7) is 6.57. The SMILES string of the molecule is COc1ccccc1N1CCN(C(=O)CC(=O)N2CCC(C)CC2)CC1. The Balaban J connectivity index is 1.50. The highest BCUT2D eigenvalue weighted by molar-refractivity contribution is 5.97. The van der Waals surface area contributed by atoms with Crippen molar-refractivity contribution < 1.29 is 14.3 Å². The monoisotopic (exact) mass is 359 g/mol. The summed E-state index contributed by atoms with van der Waals surface area (Å²) in [4.78, 5) is 30.8. The van der Waals surface area contributed by atoms with E-state index in [9.17, 15) is 9.59 Å². The van der Waals surface area contributed by atoms with Crippen LogP contribution in [0, 0.1) is 5.92 Å². The molecule has 0 atom stereocenters. The molecule has 0 N–H and O–H groups in total. The second kappa shape index (κ2) is 8.43. The molecule has 0 bridgehead atoms. The van der Waals surface area contributed by atoms with Gasteiger partial charge in [-0.1, -0.05) is 19.1 Å². The lowest BCUT2D eigenvalue weighted by Crippen LogP contribution is -2.50. The predicted molar refractivity (Wildman–Crippen MR) is 101 cm³/mol. The number of carbonyl (C=O) groups is 2. The van der Waals surface area contributed by atoms with Crippen molar-refractivity contribution in [1.29, 1.82) is 0 Å². The van der Waals surface area contributed by atoms with Gasteiger partial charge in [0.05, 0.1) is 12.8 Å². The molecule has 2 amide bonds. The van der Waals surface area contributed by atoms with E-state index < -0.39 is 0 Å². The Bertz CT molecular complexity index is 633. The summed E-state index contributed by atoms with van der Waals surface area (Å²) in [5, 5.41) is 0. The molecule has 2 fully saturated rings. The molecule has 0 saturated carbocycles. The molecule has 2 heterocycles. The summed E-state index contributed by atoms with van der Waals surface area (Å²) < 4.78 is 5.43. The largest absolute Gasteiger partial charge is 0.495 e. The second-order valence-electron chi connectivity index (χ2n) is 7.28. The molecule has 26 heavy (non-hydrogen) atoms. The molecule has 2 aliphatic heterocycles. The zero-order valence-electron chi connectivity index (χ0n) is 15.8. The highest BCUT2D eigenvalue weighted by Crippen LogP contribution is 2.28. The minimum atomic E-state index is -0.0479. The Labute approximate surface area is 155 Å². The van der Waals surface area contributed by atoms with Gasteiger partial charge in [0, 0.05) is 39.3 Å². The number of carbonyl (C=O) groups excluding carboxylic acids is 2. The number of ether oxygens (including phenoxy) is 1. The van der Waals surface area contributed by atoms with Gasteiger partial charge >= 0.3 is 0 Å². The first-order valence-corrected chi connectivity index (χ1v) is 9.52. The fourth-order valence-electron chi connectivity index (χ4n) is 3.70. The van der Waals surface area contributed by atoms with E-state index in [0.29, 0.717) is 19.0 Å². The number of piperidine rings is 1. The summed E-state index contributed by atoms with van der Waals surface area (Å²) in [7, 11) is 1.67. The summed E-state index contributed by atoms with van der Waals surface area (Å²) in [5.41, 5.74) is 1.06. The minimum absolute atomic E-state index is 0.00301. The third-order valence-electron chi connectivity index (χ3n) is 5.50. The number of hydrogen-bond acceptors (Lipinski definition) is 4. The fraction of sp³-hybridized carbons (Fsp3) is 0.600. The zero-order chi connectivity index (χ0) is 18.5. The third-order valence-corrected chi connectivity index (χ3v) is 5.50. The fourth-order valence-corrected chi connectivity index (χ4v) is 3.70. The first-order chi connectivity index (χ1) is 12.6. The van der Waals surface area contributed by atoms with Crippen LogP contribution in [0.25, 0.3) is 0 Å². The van der Waals surface area contributed by atoms with Gasteiger partial charge in [-0.3, -0.25) is 9.59 Å². The number of anilines is 1. The van der Waals surface area contributed by atoms with E-state index in [2.05, 4.69) is 11.8 Å². The number of amides is 2. The number of piperazine rings is 1. The van der Waals surface area contributed by atoms with Gasteiger partial charge < -0.3 is 19.4 Å². The number of likely N-dealkylation sites (tertiary alicyclic amines) is 1. The lowest BCUT2D eigenvalue weighted by Gasteiger charge is -2.37. The Kier molecular flexibility index (Phi) is 6.01. The topological polar surface area (TPSA) is 53.1 Å². The first kappa shape index (κ1) is 18.5. The lowest BCUT2D eigenvalue weighted by atomic mass is 9.99. The van der Waals surface area contributed by atoms with Crippen molar-refractivity contribution >= 4 is 17.5 Å². The van der Waals surface area contributed by atoms with Crippen LogP contribution in [0.4, 0.5) is 5.69 Å². The van der Waals surface area contributed by atoms with E-state index in [1.165, 1.54) is 0 Å². The summed E-state index contributed by atoms with van der Waals surface area (Å²) in [6, 6.07) is 7.94. The number of hydrogen-bond donors (Lipinski definition) is 0. The van der Waals surface area contributed by atoms with Gasteiger partial charge in [0.15, 0.2) is 0 Å². The number of benzene rings is 1. The second-order valence-corrected chi connectivity index (χ2v) is 7.28. The van der Waals surface area contributed by atoms with Crippen molar-refractivity contribution in [3.05, 3.63) is 24.3 Å². The van der Waals surface area contributed by atoms with E-state index in [0.717, 1.165) is 50.5 Å². The van der Waals surface area contributed by atoms with E-state index in [1.807, 2.05) is 34.1 Å². The summed E-state index contributed by atoms with van der Waals surface area (Å²) >= 11 is 0. The van der Waals surface area contributed by atoms with Crippen molar-refractivity contribution in [2.24, 2.45) is 5.92 Å². The van der Waals surface area contributed by atoms with E-state index in [1.54, 1.807) is 7.11 Å². The van der Waals surface area contributed by atoms with Crippen LogP contribution in [0.5, 0.6) is 5.75 Å². The van der Waals surface area contributed by atoms with Crippen molar-refractivity contribution in [3.8, 4) is 5.75 Å². The number of methoxy groups -OCH3 is 1. The van der Waals surface area contributed by atoms with E-state index >= 15 is 0 Å². The minimum Gasteiger partial charge on any atom is -0.495 e. The third kappa shape index (κ3) is 4.29. The Morgan fingerprint density at radius 1 is 0.962 bits per heavy atom. The summed E-state index contributed by atoms with van der Waals surface area (Å²) in [5.74, 6) is 1.46. The van der Waals surface area contributed by atoms with Crippen LogP contribution in [0.3, 0.4) is 0 Å². The maximum absolute atomic E-state index is 12.5. The van der Waals surface area contributed by atoms with Crippen molar-refractivity contribution in [2.75, 3.05) is 51.3 Å². The molecule has 0 aromatic heterocycles. The molecule has 2 aliphatic rings. The molecule has 0 unspecified atom stereocenters. The van der Waals surface area contributed by atoms with Gasteiger partial charge in [-0.25, -0.2) is 0 Å². The predicted octanol–water partition coefficient (Wildman–Crippen LogP) is 1.99. The van der Waals surface area contributed by atoms with Crippen LogP contribution in [-0.4, -0.2) is 68.0 Å². The molecular weight excluding hydrogens is 330 g/mol. The van der Waals surface area contributed by atoms with Gasteiger partial charge in [0.1, 0.15) is 12.2 Å². The van der Waals surface area contributed by atoms with Gasteiger partial charge in [0.2, 0.25) is 11.8 Å². The van der Waals surface area contributed by atoms with Crippen molar-refractivity contribution in [3.63, 3.8) is 0 Å². The lowest BCUT2D eigenvalue weighted by molar-refractivity contribution is -0.141. The molecule has 3 rings (SSSR count). The number of para-hydroxylation sites is 2. The normalized spacial score (nSPS) is 18.8. The smallest absolute Gasteiger partial charge is 0.232 e. The Morgan fingerprint density at radius 3 is 2.15 bits per heavy atom. The van der Waals surface area contributed by atoms with Crippen LogP contribution in [0.15, 0.2) is 24.3 Å². The molecule has 1 aromatic rings. The molecule has 0 spiro atoms. The maximum atomic E-state index is 12.5. The molecule has 2 saturated heterocycles. The quantitative estimate of drug-likeness (QED) is 0.772. The van der Waals surface area contributed by atoms with Crippen molar-refractivity contribution in [2.45, 2.75) is 26.2 Å². The van der Waals surface area contributed by atoms with Crippen LogP contribution in [-0.2, 0) is 9.59 Å². The highest BCUT2D eigenvalue weighted by Gasteiger charge is 2.27. The number of rotatable bonds is 4. The van der Waals surface area contributed by atoms with Crippen LogP contribution in [0.1, 0.15) is 26.2 Å². The molecule has 1 aromatic carbocycles. The molecule has 142 valence electrons. The number of nitrogens with zero attached hydrogens (tertiary/aromatic N) is 3. The van der Waals surface area contributed by atoms with Gasteiger partial charge in [-0.05, 0) is 30.9 Å². The van der Waals surface area contributed by atoms with E-state index in [-0.39, 0.29) is 18.2 Å². The average molecular weight is 359 g/mol. The molecule has 6 heteroatoms. The van der Waals surface area contributed by atoms with Gasteiger partial charge in [-0.2, -0.15) is 0 Å². The van der Waals surface area contributed by atoms with Crippen LogP contribution in [0.2, 0.25) is 0 Å².